The van der Waals surface area contributed by atoms with E-state index < -0.39 is 0 Å². The lowest BCUT2D eigenvalue weighted by atomic mass is 10.1. The van der Waals surface area contributed by atoms with E-state index in [0.29, 0.717) is 17.9 Å². The third-order valence-corrected chi connectivity index (χ3v) is 2.95. The summed E-state index contributed by atoms with van der Waals surface area (Å²) in [6, 6.07) is 14.7. The maximum atomic E-state index is 12.1. The van der Waals surface area contributed by atoms with Crippen LogP contribution in [0.1, 0.15) is 22.8 Å². The summed E-state index contributed by atoms with van der Waals surface area (Å²) in [4.78, 5) is 12.1. The van der Waals surface area contributed by atoms with Crippen LogP contribution in [0.2, 0.25) is 0 Å². The van der Waals surface area contributed by atoms with Crippen LogP contribution in [-0.2, 0) is 0 Å². The highest BCUT2D eigenvalue weighted by Crippen LogP contribution is 2.16. The predicted molar refractivity (Wildman–Crippen MR) is 84.0 cm³/mol. The van der Waals surface area contributed by atoms with Crippen molar-refractivity contribution >= 4 is 11.9 Å². The molecule has 3 heteroatoms. The third-order valence-electron chi connectivity index (χ3n) is 2.95. The molecule has 0 heterocycles. The summed E-state index contributed by atoms with van der Waals surface area (Å²) < 4.78 is 10.6. The normalized spacial score (nSPS) is 10.6. The van der Waals surface area contributed by atoms with Crippen LogP contribution < -0.4 is 9.47 Å². The number of benzene rings is 2. The van der Waals surface area contributed by atoms with Crippen LogP contribution >= 0.6 is 0 Å². The molecule has 0 spiro atoms. The molecule has 2 aromatic carbocycles. The molecule has 0 fully saturated rings. The topological polar surface area (TPSA) is 35.5 Å². The van der Waals surface area contributed by atoms with Crippen molar-refractivity contribution in [2.75, 3.05) is 13.7 Å². The van der Waals surface area contributed by atoms with Gasteiger partial charge in [0.15, 0.2) is 5.78 Å². The predicted octanol–water partition coefficient (Wildman–Crippen LogP) is 3.99. The number of carbonyl (C=O) groups is 1. The summed E-state index contributed by atoms with van der Waals surface area (Å²) in [6.45, 7) is 2.56. The zero-order chi connectivity index (χ0) is 15.1. The second kappa shape index (κ2) is 7.29. The van der Waals surface area contributed by atoms with Crippen molar-refractivity contribution in [1.82, 2.24) is 0 Å². The van der Waals surface area contributed by atoms with E-state index in [0.717, 1.165) is 11.3 Å². The number of methoxy groups -OCH3 is 1. The third kappa shape index (κ3) is 4.21. The molecule has 108 valence electrons. The Morgan fingerprint density at radius 1 is 1.10 bits per heavy atom. The molecule has 0 aliphatic heterocycles. The highest BCUT2D eigenvalue weighted by molar-refractivity contribution is 6.07. The summed E-state index contributed by atoms with van der Waals surface area (Å²) in [5, 5.41) is 0. The van der Waals surface area contributed by atoms with E-state index >= 15 is 0 Å². The number of ether oxygens (including phenoxy) is 2. The first kappa shape index (κ1) is 14.9. The Morgan fingerprint density at radius 3 is 2.62 bits per heavy atom. The summed E-state index contributed by atoms with van der Waals surface area (Å²) in [6.07, 6.45) is 3.34. The number of rotatable bonds is 6. The highest BCUT2D eigenvalue weighted by Gasteiger charge is 2.03. The molecule has 0 aliphatic rings. The monoisotopic (exact) mass is 282 g/mol. The van der Waals surface area contributed by atoms with E-state index in [-0.39, 0.29) is 5.78 Å². The van der Waals surface area contributed by atoms with Gasteiger partial charge >= 0.3 is 0 Å². The molecule has 0 N–H and O–H groups in total. The SMILES string of the molecule is CCOc1cccc(/C=C/C(=O)c2cccc(OC)c2)c1. The number of hydrogen-bond donors (Lipinski definition) is 0. The zero-order valence-electron chi connectivity index (χ0n) is 12.2. The zero-order valence-corrected chi connectivity index (χ0v) is 12.2. The Labute approximate surface area is 124 Å². The molecule has 0 saturated carbocycles. The van der Waals surface area contributed by atoms with Crippen LogP contribution in [0.3, 0.4) is 0 Å². The van der Waals surface area contributed by atoms with Gasteiger partial charge < -0.3 is 9.47 Å². The van der Waals surface area contributed by atoms with Crippen molar-refractivity contribution in [2.45, 2.75) is 6.92 Å². The van der Waals surface area contributed by atoms with Crippen LogP contribution in [0.4, 0.5) is 0 Å². The molecular formula is C18H18O3. The molecule has 3 nitrogen and oxygen atoms in total. The van der Waals surface area contributed by atoms with E-state index in [4.69, 9.17) is 9.47 Å². The molecule has 0 atom stereocenters. The van der Waals surface area contributed by atoms with Crippen LogP contribution in [0.5, 0.6) is 11.5 Å². The Kier molecular flexibility index (Phi) is 5.16. The fourth-order valence-corrected chi connectivity index (χ4v) is 1.92. The molecule has 0 radical (unpaired) electrons. The second-order valence-corrected chi connectivity index (χ2v) is 4.44. The fourth-order valence-electron chi connectivity index (χ4n) is 1.92. The van der Waals surface area contributed by atoms with Gasteiger partial charge in [-0.3, -0.25) is 4.79 Å². The van der Waals surface area contributed by atoms with E-state index in [9.17, 15) is 4.79 Å². The van der Waals surface area contributed by atoms with E-state index in [1.54, 1.807) is 37.5 Å². The molecule has 0 aliphatic carbocycles. The average Bonchev–Trinajstić information content (AvgIpc) is 2.53. The quantitative estimate of drug-likeness (QED) is 0.593. The van der Waals surface area contributed by atoms with Crippen LogP contribution in [-0.4, -0.2) is 19.5 Å². The minimum absolute atomic E-state index is 0.0595. The average molecular weight is 282 g/mol. The highest BCUT2D eigenvalue weighted by atomic mass is 16.5. The smallest absolute Gasteiger partial charge is 0.185 e. The van der Waals surface area contributed by atoms with E-state index in [1.807, 2.05) is 37.3 Å². The lowest BCUT2D eigenvalue weighted by molar-refractivity contribution is 0.104. The van der Waals surface area contributed by atoms with Gasteiger partial charge in [-0.1, -0.05) is 30.3 Å². The molecule has 2 rings (SSSR count). The number of hydrogen-bond acceptors (Lipinski definition) is 3. The minimum Gasteiger partial charge on any atom is -0.497 e. The van der Waals surface area contributed by atoms with Crippen LogP contribution in [0.15, 0.2) is 54.6 Å². The van der Waals surface area contributed by atoms with Crippen molar-refractivity contribution in [3.8, 4) is 11.5 Å². The molecule has 0 saturated heterocycles. The Bertz CT molecular complexity index is 644. The molecule has 0 amide bonds. The van der Waals surface area contributed by atoms with Crippen molar-refractivity contribution in [1.29, 1.82) is 0 Å². The van der Waals surface area contributed by atoms with Gasteiger partial charge in [-0.15, -0.1) is 0 Å². The molecule has 2 aromatic rings. The minimum atomic E-state index is -0.0595. The lowest BCUT2D eigenvalue weighted by Gasteiger charge is -2.03. The maximum Gasteiger partial charge on any atom is 0.185 e. The summed E-state index contributed by atoms with van der Waals surface area (Å²) in [7, 11) is 1.58. The van der Waals surface area contributed by atoms with Gasteiger partial charge in [0.05, 0.1) is 13.7 Å². The van der Waals surface area contributed by atoms with Crippen molar-refractivity contribution in [3.63, 3.8) is 0 Å². The molecule has 0 aromatic heterocycles. The fraction of sp³-hybridized carbons (Fsp3) is 0.167. The summed E-state index contributed by atoms with van der Waals surface area (Å²) in [5.41, 5.74) is 1.53. The van der Waals surface area contributed by atoms with E-state index in [1.165, 1.54) is 0 Å². The van der Waals surface area contributed by atoms with Gasteiger partial charge in [0.2, 0.25) is 0 Å². The van der Waals surface area contributed by atoms with Gasteiger partial charge in [0.25, 0.3) is 0 Å². The lowest BCUT2D eigenvalue weighted by Crippen LogP contribution is -1.95. The van der Waals surface area contributed by atoms with Gasteiger partial charge in [-0.05, 0) is 42.8 Å². The Hall–Kier alpha value is -2.55. The van der Waals surface area contributed by atoms with Crippen molar-refractivity contribution < 1.29 is 14.3 Å². The van der Waals surface area contributed by atoms with Crippen LogP contribution in [0, 0.1) is 0 Å². The molecular weight excluding hydrogens is 264 g/mol. The number of carbonyl (C=O) groups excluding carboxylic acids is 1. The summed E-state index contributed by atoms with van der Waals surface area (Å²) >= 11 is 0. The first-order chi connectivity index (χ1) is 10.2. The van der Waals surface area contributed by atoms with Gasteiger partial charge in [-0.2, -0.15) is 0 Å². The number of allylic oxidation sites excluding steroid dienone is 1. The largest absolute Gasteiger partial charge is 0.497 e. The van der Waals surface area contributed by atoms with Crippen LogP contribution in [0.25, 0.3) is 6.08 Å². The number of ketones is 1. The van der Waals surface area contributed by atoms with Gasteiger partial charge in [0.1, 0.15) is 11.5 Å². The Morgan fingerprint density at radius 2 is 1.86 bits per heavy atom. The molecule has 21 heavy (non-hydrogen) atoms. The summed E-state index contributed by atoms with van der Waals surface area (Å²) in [5.74, 6) is 1.41. The van der Waals surface area contributed by atoms with E-state index in [2.05, 4.69) is 0 Å². The second-order valence-electron chi connectivity index (χ2n) is 4.44. The van der Waals surface area contributed by atoms with Gasteiger partial charge in [0, 0.05) is 5.56 Å². The Balaban J connectivity index is 2.12. The molecule has 0 bridgehead atoms. The first-order valence-corrected chi connectivity index (χ1v) is 6.82. The molecule has 0 unspecified atom stereocenters. The standard InChI is InChI=1S/C18H18O3/c1-3-21-17-9-4-6-14(12-17)10-11-18(19)15-7-5-8-16(13-15)20-2/h4-13H,3H2,1-2H3/b11-10+. The first-order valence-electron chi connectivity index (χ1n) is 6.82. The van der Waals surface area contributed by atoms with Crippen molar-refractivity contribution in [3.05, 3.63) is 65.7 Å². The van der Waals surface area contributed by atoms with Crippen molar-refractivity contribution in [2.24, 2.45) is 0 Å². The van der Waals surface area contributed by atoms with Gasteiger partial charge in [-0.25, -0.2) is 0 Å². The maximum absolute atomic E-state index is 12.1.